The molecule has 3 aliphatic rings. The summed E-state index contributed by atoms with van der Waals surface area (Å²) in [6, 6.07) is 9.68. The van der Waals surface area contributed by atoms with Crippen molar-refractivity contribution in [3.8, 4) is 17.3 Å². The molecule has 44 heavy (non-hydrogen) atoms. The Labute approximate surface area is 256 Å². The quantitative estimate of drug-likeness (QED) is 0.299. The molecule has 6 bridgehead atoms. The molecule has 3 aromatic heterocycles. The zero-order chi connectivity index (χ0) is 31.1. The predicted molar refractivity (Wildman–Crippen MR) is 164 cm³/mol. The number of carbonyl (C=O) groups is 1. The molecule has 1 atom stereocenters. The van der Waals surface area contributed by atoms with E-state index in [1.807, 2.05) is 70.2 Å². The van der Waals surface area contributed by atoms with Crippen molar-refractivity contribution in [1.82, 2.24) is 19.6 Å². The maximum absolute atomic E-state index is 12.7. The van der Waals surface area contributed by atoms with Crippen LogP contribution in [-0.4, -0.2) is 68.2 Å². The fourth-order valence-corrected chi connectivity index (χ4v) is 5.76. The number of ether oxygens (including phenoxy) is 3. The molecule has 1 fully saturated rings. The number of benzene rings is 1. The van der Waals surface area contributed by atoms with Gasteiger partial charge in [0.2, 0.25) is 5.89 Å². The van der Waals surface area contributed by atoms with Crippen molar-refractivity contribution < 1.29 is 28.5 Å². The minimum Gasteiger partial charge on any atom is -0.489 e. The third-order valence-electron chi connectivity index (χ3n) is 8.02. The number of fused-ring (bicyclic) bond motifs is 6. The van der Waals surface area contributed by atoms with Gasteiger partial charge in [0.15, 0.2) is 17.4 Å². The highest BCUT2D eigenvalue weighted by Crippen LogP contribution is 2.38. The monoisotopic (exact) mass is 601 g/mol. The summed E-state index contributed by atoms with van der Waals surface area (Å²) < 4.78 is 26.4. The SMILES string of the molecule is Cc1nc2cc3nn2c(c1[C@H](OC(C)(C)C)C(=O)O)N1CCC(C)(CC1)OC/C=C/COc1ccccc1Cc1cnc-3o1. The van der Waals surface area contributed by atoms with Crippen LogP contribution in [0.3, 0.4) is 0 Å². The number of anilines is 1. The maximum Gasteiger partial charge on any atom is 0.337 e. The molecule has 0 spiro atoms. The lowest BCUT2D eigenvalue weighted by Crippen LogP contribution is -2.45. The molecule has 0 amide bonds. The van der Waals surface area contributed by atoms with Crippen molar-refractivity contribution in [2.75, 3.05) is 31.2 Å². The van der Waals surface area contributed by atoms with Gasteiger partial charge in [-0.15, -0.1) is 0 Å². The number of aromatic nitrogens is 4. The molecule has 4 aromatic rings. The minimum absolute atomic E-state index is 0.339. The van der Waals surface area contributed by atoms with Crippen LogP contribution in [0.5, 0.6) is 5.75 Å². The summed E-state index contributed by atoms with van der Waals surface area (Å²) in [6.45, 7) is 11.6. The van der Waals surface area contributed by atoms with Crippen molar-refractivity contribution in [2.45, 2.75) is 71.2 Å². The number of nitrogens with zero attached hydrogens (tertiary/aromatic N) is 5. The van der Waals surface area contributed by atoms with Gasteiger partial charge in [-0.05, 0) is 59.6 Å². The first kappa shape index (κ1) is 29.8. The molecule has 0 aliphatic carbocycles. The van der Waals surface area contributed by atoms with Crippen molar-refractivity contribution in [2.24, 2.45) is 0 Å². The average molecular weight is 602 g/mol. The van der Waals surface area contributed by atoms with Gasteiger partial charge in [0, 0.05) is 36.8 Å². The van der Waals surface area contributed by atoms with Crippen LogP contribution in [0.1, 0.15) is 69.2 Å². The number of para-hydroxylation sites is 1. The van der Waals surface area contributed by atoms with E-state index in [9.17, 15) is 9.90 Å². The van der Waals surface area contributed by atoms with Crippen LogP contribution >= 0.6 is 0 Å². The number of carboxylic acids is 1. The smallest absolute Gasteiger partial charge is 0.337 e. The fraction of sp³-hybridized carbons (Fsp3) is 0.455. The Morgan fingerprint density at radius 2 is 1.89 bits per heavy atom. The molecule has 11 heteroatoms. The molecule has 1 N–H and O–H groups in total. The lowest BCUT2D eigenvalue weighted by Gasteiger charge is -2.41. The topological polar surface area (TPSA) is 124 Å². The van der Waals surface area contributed by atoms with Gasteiger partial charge >= 0.3 is 5.97 Å². The standard InChI is InChI=1S/C33H39N5O6/c1-21-27(28(31(39)40)44-32(2,3)4)30-37-14-12-33(5,13-15-37)42-17-9-8-16-41-25-11-7-6-10-22(25)18-23-20-34-29(43-23)24-19-26(35-21)38(30)36-24/h6-11,19-20,28H,12-18H2,1-5H3,(H,39,40)/b9-8+/t28-/m0/s1. The van der Waals surface area contributed by atoms with Crippen LogP contribution in [0.2, 0.25) is 0 Å². The first-order valence-corrected chi connectivity index (χ1v) is 15.0. The number of aliphatic carboxylic acids is 1. The Balaban J connectivity index is 1.49. The zero-order valence-electron chi connectivity index (χ0n) is 25.9. The van der Waals surface area contributed by atoms with E-state index in [1.165, 1.54) is 0 Å². The largest absolute Gasteiger partial charge is 0.489 e. The van der Waals surface area contributed by atoms with E-state index in [2.05, 4.69) is 16.8 Å². The van der Waals surface area contributed by atoms with Crippen molar-refractivity contribution >= 4 is 17.4 Å². The Morgan fingerprint density at radius 3 is 2.64 bits per heavy atom. The van der Waals surface area contributed by atoms with E-state index in [4.69, 9.17) is 28.7 Å². The van der Waals surface area contributed by atoms with Gasteiger partial charge in [-0.2, -0.15) is 9.61 Å². The van der Waals surface area contributed by atoms with Crippen molar-refractivity contribution in [3.05, 3.63) is 71.3 Å². The summed E-state index contributed by atoms with van der Waals surface area (Å²) in [5.41, 5.74) is 2.04. The van der Waals surface area contributed by atoms with E-state index >= 15 is 0 Å². The predicted octanol–water partition coefficient (Wildman–Crippen LogP) is 5.55. The van der Waals surface area contributed by atoms with Crippen LogP contribution in [0.25, 0.3) is 17.2 Å². The number of carboxylic acid groups (broad SMARTS) is 1. The average Bonchev–Trinajstić information content (AvgIpc) is 3.60. The van der Waals surface area contributed by atoms with E-state index < -0.39 is 17.7 Å². The van der Waals surface area contributed by atoms with E-state index in [-0.39, 0.29) is 5.60 Å². The molecule has 0 saturated carbocycles. The molecule has 0 radical (unpaired) electrons. The van der Waals surface area contributed by atoms with Gasteiger partial charge in [0.1, 0.15) is 23.9 Å². The van der Waals surface area contributed by atoms with Gasteiger partial charge < -0.3 is 28.6 Å². The van der Waals surface area contributed by atoms with Gasteiger partial charge in [-0.3, -0.25) is 0 Å². The second-order valence-corrected chi connectivity index (χ2v) is 12.6. The number of aryl methyl sites for hydroxylation is 1. The third-order valence-corrected chi connectivity index (χ3v) is 8.02. The summed E-state index contributed by atoms with van der Waals surface area (Å²) in [5, 5.41) is 15.3. The Bertz CT molecular complexity index is 1690. The summed E-state index contributed by atoms with van der Waals surface area (Å²) in [4.78, 5) is 24.2. The molecule has 6 heterocycles. The van der Waals surface area contributed by atoms with Crippen molar-refractivity contribution in [3.63, 3.8) is 0 Å². The first-order valence-electron chi connectivity index (χ1n) is 15.0. The van der Waals surface area contributed by atoms with Crippen LogP contribution in [0, 0.1) is 6.92 Å². The second-order valence-electron chi connectivity index (χ2n) is 12.6. The molecular formula is C33H39N5O6. The maximum atomic E-state index is 12.7. The molecular weight excluding hydrogens is 562 g/mol. The van der Waals surface area contributed by atoms with E-state index in [0.29, 0.717) is 72.8 Å². The summed E-state index contributed by atoms with van der Waals surface area (Å²) in [7, 11) is 0. The van der Waals surface area contributed by atoms with Crippen LogP contribution in [-0.2, 0) is 20.7 Å². The number of hydrogen-bond acceptors (Lipinski definition) is 9. The van der Waals surface area contributed by atoms with E-state index in [0.717, 1.165) is 24.2 Å². The van der Waals surface area contributed by atoms with Crippen molar-refractivity contribution in [1.29, 1.82) is 0 Å². The molecule has 1 aromatic carbocycles. The highest BCUT2D eigenvalue weighted by molar-refractivity contribution is 5.78. The number of oxazole rings is 1. The lowest BCUT2D eigenvalue weighted by molar-refractivity contribution is -0.160. The molecule has 7 rings (SSSR count). The highest BCUT2D eigenvalue weighted by atomic mass is 16.5. The van der Waals surface area contributed by atoms with Gasteiger partial charge in [0.05, 0.1) is 29.6 Å². The molecule has 3 aliphatic heterocycles. The van der Waals surface area contributed by atoms with Gasteiger partial charge in [-0.25, -0.2) is 14.8 Å². The fourth-order valence-electron chi connectivity index (χ4n) is 5.76. The minimum atomic E-state index is -1.24. The molecule has 1 saturated heterocycles. The van der Waals surface area contributed by atoms with Gasteiger partial charge in [0.25, 0.3) is 0 Å². The second kappa shape index (κ2) is 11.7. The third kappa shape index (κ3) is 6.20. The number of hydrogen-bond donors (Lipinski definition) is 1. The summed E-state index contributed by atoms with van der Waals surface area (Å²) >= 11 is 0. The highest BCUT2D eigenvalue weighted by Gasteiger charge is 2.38. The summed E-state index contributed by atoms with van der Waals surface area (Å²) in [5.74, 6) is 1.35. The molecule has 232 valence electrons. The normalized spacial score (nSPS) is 18.5. The first-order chi connectivity index (χ1) is 21.0. The Morgan fingerprint density at radius 1 is 1.14 bits per heavy atom. The van der Waals surface area contributed by atoms with E-state index in [1.54, 1.807) is 10.7 Å². The Kier molecular flexibility index (Phi) is 7.93. The Hall–Kier alpha value is -4.22. The zero-order valence-corrected chi connectivity index (χ0v) is 25.9. The molecule has 11 nitrogen and oxygen atoms in total. The van der Waals surface area contributed by atoms with Crippen LogP contribution < -0.4 is 9.64 Å². The lowest BCUT2D eigenvalue weighted by atomic mass is 9.92. The summed E-state index contributed by atoms with van der Waals surface area (Å²) in [6.07, 6.45) is 6.38. The van der Waals surface area contributed by atoms with Crippen LogP contribution in [0.4, 0.5) is 5.82 Å². The number of rotatable bonds is 3. The van der Waals surface area contributed by atoms with Crippen LogP contribution in [0.15, 0.2) is 53.1 Å². The van der Waals surface area contributed by atoms with Gasteiger partial charge in [-0.1, -0.05) is 24.3 Å². The number of piperidine rings is 1. The molecule has 0 unspecified atom stereocenters.